The van der Waals surface area contributed by atoms with Crippen LogP contribution in [0.25, 0.3) is 0 Å². The molecule has 25 heavy (non-hydrogen) atoms. The Morgan fingerprint density at radius 1 is 0.960 bits per heavy atom. The lowest BCUT2D eigenvalue weighted by Crippen LogP contribution is -2.26. The SMILES string of the molecule is CCOC(=O)c1c(C(=O)N(C)C)c(C)n(CC(OCC)OCC)c1C. The predicted octanol–water partition coefficient (Wildman–Crippen LogP) is 2.38. The summed E-state index contributed by atoms with van der Waals surface area (Å²) in [4.78, 5) is 26.5. The number of carbonyl (C=O) groups excluding carboxylic acids is 2. The normalized spacial score (nSPS) is 11.0. The van der Waals surface area contributed by atoms with E-state index in [4.69, 9.17) is 14.2 Å². The van der Waals surface area contributed by atoms with Gasteiger partial charge in [-0.2, -0.15) is 0 Å². The van der Waals surface area contributed by atoms with Gasteiger partial charge in [0.15, 0.2) is 6.29 Å². The lowest BCUT2D eigenvalue weighted by Gasteiger charge is -2.20. The first-order valence-corrected chi connectivity index (χ1v) is 8.61. The molecule has 0 aliphatic carbocycles. The molecule has 1 amide bonds. The van der Waals surface area contributed by atoms with Crippen LogP contribution in [0, 0.1) is 13.8 Å². The Hall–Kier alpha value is -1.86. The van der Waals surface area contributed by atoms with Crippen molar-refractivity contribution in [3.05, 3.63) is 22.5 Å². The van der Waals surface area contributed by atoms with Crippen LogP contribution in [0.15, 0.2) is 0 Å². The van der Waals surface area contributed by atoms with Crippen LogP contribution >= 0.6 is 0 Å². The van der Waals surface area contributed by atoms with Gasteiger partial charge >= 0.3 is 5.97 Å². The van der Waals surface area contributed by atoms with Crippen LogP contribution in [0.3, 0.4) is 0 Å². The van der Waals surface area contributed by atoms with Crippen LogP contribution in [0.5, 0.6) is 0 Å². The third-order valence-electron chi connectivity index (χ3n) is 3.92. The maximum Gasteiger partial charge on any atom is 0.340 e. The van der Waals surface area contributed by atoms with E-state index < -0.39 is 12.3 Å². The van der Waals surface area contributed by atoms with Gasteiger partial charge in [0.25, 0.3) is 5.91 Å². The molecule has 0 N–H and O–H groups in total. The van der Waals surface area contributed by atoms with Gasteiger partial charge < -0.3 is 23.7 Å². The van der Waals surface area contributed by atoms with Gasteiger partial charge in [0.2, 0.25) is 0 Å². The fraction of sp³-hybridized carbons (Fsp3) is 0.667. The van der Waals surface area contributed by atoms with Crippen molar-refractivity contribution in [1.82, 2.24) is 9.47 Å². The number of carbonyl (C=O) groups is 2. The van der Waals surface area contributed by atoms with E-state index in [1.807, 2.05) is 25.3 Å². The lowest BCUT2D eigenvalue weighted by molar-refractivity contribution is -0.143. The molecular formula is C18H30N2O5. The number of nitrogens with zero attached hydrogens (tertiary/aromatic N) is 2. The third kappa shape index (κ3) is 4.83. The van der Waals surface area contributed by atoms with Crippen molar-refractivity contribution in [2.24, 2.45) is 0 Å². The third-order valence-corrected chi connectivity index (χ3v) is 3.92. The Morgan fingerprint density at radius 3 is 1.92 bits per heavy atom. The molecule has 0 unspecified atom stereocenters. The summed E-state index contributed by atoms with van der Waals surface area (Å²) in [6.45, 7) is 10.8. The molecule has 0 fully saturated rings. The van der Waals surface area contributed by atoms with Gasteiger partial charge in [0.05, 0.1) is 24.3 Å². The van der Waals surface area contributed by atoms with E-state index >= 15 is 0 Å². The van der Waals surface area contributed by atoms with Crippen LogP contribution in [0.2, 0.25) is 0 Å². The molecule has 0 aliphatic rings. The molecule has 0 bridgehead atoms. The summed E-state index contributed by atoms with van der Waals surface area (Å²) in [5, 5.41) is 0. The quantitative estimate of drug-likeness (QED) is 0.503. The van der Waals surface area contributed by atoms with E-state index in [0.717, 1.165) is 0 Å². The van der Waals surface area contributed by atoms with Crippen molar-refractivity contribution in [2.45, 2.75) is 47.5 Å². The first-order chi connectivity index (χ1) is 11.8. The minimum Gasteiger partial charge on any atom is -0.462 e. The molecule has 142 valence electrons. The summed E-state index contributed by atoms with van der Waals surface area (Å²) in [6.07, 6.45) is -0.447. The number of amides is 1. The maximum atomic E-state index is 12.6. The second-order valence-corrected chi connectivity index (χ2v) is 5.79. The van der Waals surface area contributed by atoms with Crippen molar-refractivity contribution < 1.29 is 23.8 Å². The number of hydrogen-bond acceptors (Lipinski definition) is 5. The van der Waals surface area contributed by atoms with Gasteiger partial charge in [-0.05, 0) is 34.6 Å². The van der Waals surface area contributed by atoms with E-state index in [1.165, 1.54) is 4.90 Å². The van der Waals surface area contributed by atoms with Crippen molar-refractivity contribution in [3.63, 3.8) is 0 Å². The molecule has 1 rings (SSSR count). The lowest BCUT2D eigenvalue weighted by atomic mass is 10.1. The molecule has 0 aliphatic heterocycles. The molecular weight excluding hydrogens is 324 g/mol. The summed E-state index contributed by atoms with van der Waals surface area (Å²) < 4.78 is 18.3. The van der Waals surface area contributed by atoms with E-state index in [9.17, 15) is 9.59 Å². The predicted molar refractivity (Wildman–Crippen MR) is 94.9 cm³/mol. The fourth-order valence-electron chi connectivity index (χ4n) is 2.77. The van der Waals surface area contributed by atoms with Crippen molar-refractivity contribution in [3.8, 4) is 0 Å². The van der Waals surface area contributed by atoms with Crippen molar-refractivity contribution >= 4 is 11.9 Å². The number of rotatable bonds is 9. The van der Waals surface area contributed by atoms with Gasteiger partial charge in [0.1, 0.15) is 0 Å². The second-order valence-electron chi connectivity index (χ2n) is 5.79. The monoisotopic (exact) mass is 354 g/mol. The highest BCUT2D eigenvalue weighted by Gasteiger charge is 2.30. The highest BCUT2D eigenvalue weighted by Crippen LogP contribution is 2.25. The largest absolute Gasteiger partial charge is 0.462 e. The number of esters is 1. The topological polar surface area (TPSA) is 70.0 Å². The minimum absolute atomic E-state index is 0.230. The van der Waals surface area contributed by atoms with Gasteiger partial charge in [-0.3, -0.25) is 4.79 Å². The molecule has 1 heterocycles. The van der Waals surface area contributed by atoms with Gasteiger partial charge in [0, 0.05) is 38.7 Å². The zero-order valence-corrected chi connectivity index (χ0v) is 16.3. The Labute approximate surface area is 149 Å². The Kier molecular flexibility index (Phi) is 8.12. The molecule has 0 saturated carbocycles. The Bertz CT molecular complexity index is 601. The summed E-state index contributed by atoms with van der Waals surface area (Å²) in [5.41, 5.74) is 2.05. The number of hydrogen-bond donors (Lipinski definition) is 0. The fourth-order valence-corrected chi connectivity index (χ4v) is 2.77. The molecule has 0 atom stereocenters. The molecule has 0 radical (unpaired) electrons. The van der Waals surface area contributed by atoms with E-state index in [0.29, 0.717) is 42.3 Å². The smallest absolute Gasteiger partial charge is 0.340 e. The molecule has 0 saturated heterocycles. The molecule has 7 nitrogen and oxygen atoms in total. The standard InChI is InChI=1S/C18H30N2O5/c1-8-23-14(24-9-2)11-20-12(4)15(17(21)19(6)7)16(13(20)5)18(22)25-10-3/h14H,8-11H2,1-7H3. The summed E-state index contributed by atoms with van der Waals surface area (Å²) >= 11 is 0. The van der Waals surface area contributed by atoms with Crippen LogP contribution in [-0.2, 0) is 20.8 Å². The van der Waals surface area contributed by atoms with Crippen molar-refractivity contribution in [1.29, 1.82) is 0 Å². The Morgan fingerprint density at radius 2 is 1.48 bits per heavy atom. The van der Waals surface area contributed by atoms with Crippen molar-refractivity contribution in [2.75, 3.05) is 33.9 Å². The van der Waals surface area contributed by atoms with E-state index in [1.54, 1.807) is 27.9 Å². The first kappa shape index (κ1) is 21.2. The van der Waals surface area contributed by atoms with E-state index in [-0.39, 0.29) is 12.5 Å². The Balaban J connectivity index is 3.41. The van der Waals surface area contributed by atoms with Gasteiger partial charge in [-0.1, -0.05) is 0 Å². The minimum atomic E-state index is -0.489. The average molecular weight is 354 g/mol. The maximum absolute atomic E-state index is 12.6. The average Bonchev–Trinajstić information content (AvgIpc) is 2.79. The van der Waals surface area contributed by atoms with E-state index in [2.05, 4.69) is 0 Å². The molecule has 1 aromatic heterocycles. The summed E-state index contributed by atoms with van der Waals surface area (Å²) in [7, 11) is 3.32. The summed E-state index contributed by atoms with van der Waals surface area (Å²) in [6, 6.07) is 0. The number of aromatic nitrogens is 1. The molecule has 1 aromatic rings. The van der Waals surface area contributed by atoms with Crippen LogP contribution < -0.4 is 0 Å². The van der Waals surface area contributed by atoms with Gasteiger partial charge in [-0.15, -0.1) is 0 Å². The molecule has 0 spiro atoms. The number of ether oxygens (including phenoxy) is 3. The van der Waals surface area contributed by atoms with Crippen LogP contribution in [0.1, 0.15) is 52.9 Å². The summed E-state index contributed by atoms with van der Waals surface area (Å²) in [5.74, 6) is -0.719. The zero-order chi connectivity index (χ0) is 19.1. The van der Waals surface area contributed by atoms with Crippen LogP contribution in [0.4, 0.5) is 0 Å². The highest BCUT2D eigenvalue weighted by atomic mass is 16.7. The van der Waals surface area contributed by atoms with Crippen LogP contribution in [-0.4, -0.2) is 61.5 Å². The zero-order valence-electron chi connectivity index (χ0n) is 16.3. The second kappa shape index (κ2) is 9.58. The first-order valence-electron chi connectivity index (χ1n) is 8.61. The molecule has 7 heteroatoms. The molecule has 0 aromatic carbocycles. The highest BCUT2D eigenvalue weighted by molar-refractivity contribution is 6.07. The van der Waals surface area contributed by atoms with Gasteiger partial charge in [-0.25, -0.2) is 4.79 Å².